The summed E-state index contributed by atoms with van der Waals surface area (Å²) in [5.74, 6) is -0.533. The number of carbonyl (C=O) groups excluding carboxylic acids is 1. The molecular formula is C26H26N10O4S. The predicted octanol–water partition coefficient (Wildman–Crippen LogP) is 2.82. The number of nitrogens with two attached hydrogens (primary N) is 2. The molecule has 2 aromatic carbocycles. The zero-order chi connectivity index (χ0) is 29.6. The Morgan fingerprint density at radius 2 is 1.54 bits per heavy atom. The number of carbonyl (C=O) groups is 1. The molecule has 0 aliphatic carbocycles. The Bertz CT molecular complexity index is 2000. The number of para-hydroxylation sites is 1. The van der Waals surface area contributed by atoms with Gasteiger partial charge in [-0.1, -0.05) is 18.2 Å². The minimum absolute atomic E-state index is 0.0236. The SMILES string of the molecule is Cc1nn(C(=O)c2cnn(-c3ccc(S(N)(=O)=O)cc3)c2N)c(C)c1N=Nc1c(C)n(C)n(-c2ccccc2)c1=O. The van der Waals surface area contributed by atoms with Gasteiger partial charge in [0.15, 0.2) is 5.69 Å². The lowest BCUT2D eigenvalue weighted by atomic mass is 10.2. The maximum absolute atomic E-state index is 13.4. The molecule has 0 aliphatic rings. The maximum atomic E-state index is 13.4. The van der Waals surface area contributed by atoms with Crippen LogP contribution in [0.5, 0.6) is 0 Å². The summed E-state index contributed by atoms with van der Waals surface area (Å²) in [4.78, 5) is 26.5. The van der Waals surface area contributed by atoms with Crippen LogP contribution < -0.4 is 16.4 Å². The van der Waals surface area contributed by atoms with Gasteiger partial charge in [0.1, 0.15) is 17.1 Å². The summed E-state index contributed by atoms with van der Waals surface area (Å²) in [6, 6.07) is 14.7. The molecule has 41 heavy (non-hydrogen) atoms. The molecule has 0 saturated carbocycles. The van der Waals surface area contributed by atoms with Crippen molar-refractivity contribution in [1.82, 2.24) is 28.9 Å². The van der Waals surface area contributed by atoms with E-state index in [1.54, 1.807) is 32.5 Å². The first-order valence-corrected chi connectivity index (χ1v) is 13.8. The van der Waals surface area contributed by atoms with E-state index in [2.05, 4.69) is 20.4 Å². The first-order valence-electron chi connectivity index (χ1n) is 12.2. The van der Waals surface area contributed by atoms with Crippen LogP contribution in [0.2, 0.25) is 0 Å². The molecular weight excluding hydrogens is 548 g/mol. The van der Waals surface area contributed by atoms with Crippen LogP contribution in [0.3, 0.4) is 0 Å². The number of rotatable bonds is 6. The van der Waals surface area contributed by atoms with Gasteiger partial charge in [0.25, 0.3) is 11.5 Å². The van der Waals surface area contributed by atoms with Gasteiger partial charge in [-0.3, -0.25) is 14.3 Å². The van der Waals surface area contributed by atoms with E-state index in [1.807, 2.05) is 30.3 Å². The molecule has 0 aliphatic heterocycles. The summed E-state index contributed by atoms with van der Waals surface area (Å²) in [6.07, 6.45) is 1.29. The Morgan fingerprint density at radius 1 is 0.902 bits per heavy atom. The highest BCUT2D eigenvalue weighted by Gasteiger charge is 2.24. The number of benzene rings is 2. The molecule has 0 bridgehead atoms. The van der Waals surface area contributed by atoms with Crippen molar-refractivity contribution in [1.29, 1.82) is 0 Å². The normalized spacial score (nSPS) is 11.9. The number of hydrogen-bond donors (Lipinski definition) is 2. The molecule has 0 saturated heterocycles. The maximum Gasteiger partial charge on any atom is 0.299 e. The highest BCUT2D eigenvalue weighted by Crippen LogP contribution is 2.28. The Morgan fingerprint density at radius 3 is 2.17 bits per heavy atom. The molecule has 0 unspecified atom stereocenters. The minimum Gasteiger partial charge on any atom is -0.383 e. The number of aromatic nitrogens is 6. The smallest absolute Gasteiger partial charge is 0.299 e. The number of sulfonamides is 1. The van der Waals surface area contributed by atoms with Crippen molar-refractivity contribution in [3.63, 3.8) is 0 Å². The van der Waals surface area contributed by atoms with Crippen LogP contribution in [-0.2, 0) is 17.1 Å². The quantitative estimate of drug-likeness (QED) is 0.291. The topological polar surface area (TPSA) is 191 Å². The van der Waals surface area contributed by atoms with Crippen molar-refractivity contribution in [2.24, 2.45) is 22.4 Å². The zero-order valence-corrected chi connectivity index (χ0v) is 23.4. The van der Waals surface area contributed by atoms with E-state index in [1.165, 1.54) is 39.8 Å². The van der Waals surface area contributed by atoms with Crippen molar-refractivity contribution in [2.45, 2.75) is 25.7 Å². The lowest BCUT2D eigenvalue weighted by Gasteiger charge is -2.07. The fourth-order valence-corrected chi connectivity index (χ4v) is 4.88. The predicted molar refractivity (Wildman–Crippen MR) is 151 cm³/mol. The van der Waals surface area contributed by atoms with Crippen LogP contribution in [0.15, 0.2) is 80.7 Å². The van der Waals surface area contributed by atoms with Gasteiger partial charge in [0, 0.05) is 7.05 Å². The number of nitrogens with zero attached hydrogens (tertiary/aromatic N) is 8. The monoisotopic (exact) mass is 574 g/mol. The molecule has 15 heteroatoms. The highest BCUT2D eigenvalue weighted by atomic mass is 32.2. The van der Waals surface area contributed by atoms with Crippen molar-refractivity contribution < 1.29 is 13.2 Å². The average Bonchev–Trinajstić information content (AvgIpc) is 3.53. The zero-order valence-electron chi connectivity index (χ0n) is 22.5. The van der Waals surface area contributed by atoms with E-state index in [-0.39, 0.29) is 27.5 Å². The minimum atomic E-state index is -3.87. The van der Waals surface area contributed by atoms with Gasteiger partial charge in [-0.15, -0.1) is 10.2 Å². The van der Waals surface area contributed by atoms with Crippen LogP contribution in [0, 0.1) is 20.8 Å². The molecule has 3 heterocycles. The first-order chi connectivity index (χ1) is 19.4. The van der Waals surface area contributed by atoms with Gasteiger partial charge in [-0.25, -0.2) is 22.9 Å². The fraction of sp³-hybridized carbons (Fsp3) is 0.154. The van der Waals surface area contributed by atoms with Crippen molar-refractivity contribution in [2.75, 3.05) is 5.73 Å². The average molecular weight is 575 g/mol. The van der Waals surface area contributed by atoms with E-state index < -0.39 is 15.9 Å². The van der Waals surface area contributed by atoms with Crippen LogP contribution in [-0.4, -0.2) is 43.2 Å². The fourth-order valence-electron chi connectivity index (χ4n) is 4.37. The van der Waals surface area contributed by atoms with Crippen LogP contribution >= 0.6 is 0 Å². The molecule has 4 N–H and O–H groups in total. The van der Waals surface area contributed by atoms with Crippen molar-refractivity contribution >= 4 is 33.1 Å². The van der Waals surface area contributed by atoms with Gasteiger partial charge in [-0.05, 0) is 57.2 Å². The van der Waals surface area contributed by atoms with Gasteiger partial charge in [-0.2, -0.15) is 14.9 Å². The summed E-state index contributed by atoms with van der Waals surface area (Å²) in [5, 5.41) is 22.2. The second kappa shape index (κ2) is 10.1. The van der Waals surface area contributed by atoms with E-state index in [4.69, 9.17) is 10.9 Å². The summed E-state index contributed by atoms with van der Waals surface area (Å²) in [7, 11) is -2.11. The molecule has 210 valence electrons. The molecule has 5 rings (SSSR count). The molecule has 3 aromatic heterocycles. The number of aryl methyl sites for hydroxylation is 1. The lowest BCUT2D eigenvalue weighted by molar-refractivity contribution is 0.0943. The van der Waals surface area contributed by atoms with E-state index >= 15 is 0 Å². The number of azo groups is 1. The molecule has 0 radical (unpaired) electrons. The van der Waals surface area contributed by atoms with Crippen LogP contribution in [0.25, 0.3) is 11.4 Å². The van der Waals surface area contributed by atoms with Crippen molar-refractivity contribution in [3.05, 3.63) is 93.8 Å². The number of nitrogen functional groups attached to an aromatic ring is 1. The van der Waals surface area contributed by atoms with Gasteiger partial charge >= 0.3 is 0 Å². The van der Waals surface area contributed by atoms with E-state index in [9.17, 15) is 18.0 Å². The van der Waals surface area contributed by atoms with Crippen molar-refractivity contribution in [3.8, 4) is 11.4 Å². The Labute approximate surface area is 234 Å². The van der Waals surface area contributed by atoms with Crippen LogP contribution in [0.4, 0.5) is 17.2 Å². The van der Waals surface area contributed by atoms with Crippen LogP contribution in [0.1, 0.15) is 27.4 Å². The van der Waals surface area contributed by atoms with Gasteiger partial charge < -0.3 is 5.73 Å². The Kier molecular flexibility index (Phi) is 6.76. The molecule has 0 spiro atoms. The standard InChI is InChI=1S/C26H26N10O4S/c1-15-22(30-31-23-16(2)33(4)36(26(23)38)19-8-6-5-7-9-19)17(3)34(32-15)25(37)21-14-29-35(24(21)27)18-10-12-20(13-11-18)41(28,39)40/h5-14H,27H2,1-4H3,(H2,28,39,40). The lowest BCUT2D eigenvalue weighted by Crippen LogP contribution is -2.19. The van der Waals surface area contributed by atoms with Gasteiger partial charge in [0.05, 0.1) is 39.5 Å². The Balaban J connectivity index is 1.46. The van der Waals surface area contributed by atoms with Gasteiger partial charge in [0.2, 0.25) is 10.0 Å². The molecule has 0 amide bonds. The first kappa shape index (κ1) is 27.4. The second-order valence-corrected chi connectivity index (χ2v) is 10.8. The van der Waals surface area contributed by atoms with E-state index in [0.717, 1.165) is 4.68 Å². The number of hydrogen-bond acceptors (Lipinski definition) is 9. The Hall–Kier alpha value is -5.15. The third-order valence-electron chi connectivity index (χ3n) is 6.67. The molecule has 0 fully saturated rings. The summed E-state index contributed by atoms with van der Waals surface area (Å²) >= 11 is 0. The molecule has 14 nitrogen and oxygen atoms in total. The van der Waals surface area contributed by atoms with E-state index in [0.29, 0.717) is 34.1 Å². The highest BCUT2D eigenvalue weighted by molar-refractivity contribution is 7.89. The summed E-state index contributed by atoms with van der Waals surface area (Å²) in [6.45, 7) is 5.09. The molecule has 5 aromatic rings. The summed E-state index contributed by atoms with van der Waals surface area (Å²) < 4.78 is 28.7. The number of primary sulfonamides is 1. The second-order valence-electron chi connectivity index (χ2n) is 9.24. The largest absolute Gasteiger partial charge is 0.383 e. The molecule has 0 atom stereocenters. The number of anilines is 1. The third-order valence-corrected chi connectivity index (χ3v) is 7.60. The summed E-state index contributed by atoms with van der Waals surface area (Å²) in [5.41, 5.74) is 8.99. The third kappa shape index (κ3) is 4.76.